The van der Waals surface area contributed by atoms with Gasteiger partial charge in [-0.15, -0.1) is 0 Å². The van der Waals surface area contributed by atoms with Crippen molar-refractivity contribution in [3.63, 3.8) is 0 Å². The van der Waals surface area contributed by atoms with Gasteiger partial charge in [-0.2, -0.15) is 0 Å². The number of cyclic esters (lactones) is 1. The Kier molecular flexibility index (Phi) is 5.28. The summed E-state index contributed by atoms with van der Waals surface area (Å²) in [6.45, 7) is 5.50. The van der Waals surface area contributed by atoms with Crippen molar-refractivity contribution in [1.82, 2.24) is 9.88 Å². The molecular formula is C23H32N4O4. The number of anilines is 2. The quantitative estimate of drug-likeness (QED) is 0.796. The van der Waals surface area contributed by atoms with Crippen LogP contribution in [0.15, 0.2) is 12.3 Å². The molecule has 0 atom stereocenters. The second kappa shape index (κ2) is 7.97. The Labute approximate surface area is 183 Å². The number of rotatable bonds is 3. The number of likely N-dealkylation sites (tertiary alicyclic amines) is 1. The van der Waals surface area contributed by atoms with E-state index in [0.717, 1.165) is 81.6 Å². The summed E-state index contributed by atoms with van der Waals surface area (Å²) in [6.07, 6.45) is 7.38. The highest BCUT2D eigenvalue weighted by Crippen LogP contribution is 2.44. The third-order valence-corrected chi connectivity index (χ3v) is 7.78. The number of aliphatic hydroxyl groups is 1. The highest BCUT2D eigenvalue weighted by Gasteiger charge is 2.50. The van der Waals surface area contributed by atoms with Crippen LogP contribution < -0.4 is 9.80 Å². The molecule has 4 fully saturated rings. The minimum atomic E-state index is -0.314. The number of carbonyl (C=O) groups excluding carboxylic acids is 2. The number of carbonyl (C=O) groups is 2. The van der Waals surface area contributed by atoms with Crippen LogP contribution in [0.5, 0.6) is 0 Å². The van der Waals surface area contributed by atoms with Crippen LogP contribution in [0.25, 0.3) is 0 Å². The third-order valence-electron chi connectivity index (χ3n) is 7.78. The fourth-order valence-electron chi connectivity index (χ4n) is 5.84. The van der Waals surface area contributed by atoms with E-state index in [-0.39, 0.29) is 17.6 Å². The number of amides is 2. The van der Waals surface area contributed by atoms with Crippen molar-refractivity contribution in [2.45, 2.75) is 64.0 Å². The van der Waals surface area contributed by atoms with E-state index < -0.39 is 0 Å². The molecule has 3 saturated heterocycles. The average molecular weight is 429 g/mol. The summed E-state index contributed by atoms with van der Waals surface area (Å²) in [4.78, 5) is 35.9. The first-order chi connectivity index (χ1) is 15.0. The fraction of sp³-hybridized carbons (Fsp3) is 0.696. The van der Waals surface area contributed by atoms with Gasteiger partial charge in [-0.1, -0.05) is 0 Å². The van der Waals surface area contributed by atoms with Crippen molar-refractivity contribution in [2.75, 3.05) is 42.6 Å². The lowest BCUT2D eigenvalue weighted by Gasteiger charge is -2.40. The number of aryl methyl sites for hydroxylation is 1. The summed E-state index contributed by atoms with van der Waals surface area (Å²) in [6, 6.07) is 2.31. The molecule has 4 aliphatic rings. The lowest BCUT2D eigenvalue weighted by atomic mass is 9.77. The van der Waals surface area contributed by atoms with E-state index in [2.05, 4.69) is 14.8 Å². The molecule has 1 aromatic heterocycles. The van der Waals surface area contributed by atoms with Crippen molar-refractivity contribution in [2.24, 2.45) is 5.41 Å². The van der Waals surface area contributed by atoms with Gasteiger partial charge in [0.15, 0.2) is 0 Å². The number of ether oxygens (including phenoxy) is 1. The molecule has 1 N–H and O–H groups in total. The molecule has 0 radical (unpaired) electrons. The Morgan fingerprint density at radius 1 is 1.06 bits per heavy atom. The van der Waals surface area contributed by atoms with Crippen LogP contribution in [0.1, 0.15) is 50.5 Å². The van der Waals surface area contributed by atoms with Crippen molar-refractivity contribution < 1.29 is 19.4 Å². The third kappa shape index (κ3) is 3.64. The number of hydrogen-bond donors (Lipinski definition) is 1. The predicted octanol–water partition coefficient (Wildman–Crippen LogP) is 2.47. The molecule has 1 spiro atoms. The Hall–Kier alpha value is -2.35. The Morgan fingerprint density at radius 2 is 1.77 bits per heavy atom. The van der Waals surface area contributed by atoms with Gasteiger partial charge in [0.05, 0.1) is 29.9 Å². The number of aromatic nitrogens is 1. The van der Waals surface area contributed by atoms with Crippen LogP contribution in [0.3, 0.4) is 0 Å². The average Bonchev–Trinajstić information content (AvgIpc) is 3.34. The molecular weight excluding hydrogens is 396 g/mol. The number of nitrogens with zero attached hydrogens (tertiary/aromatic N) is 4. The standard InChI is InChI=1S/C23H32N4O4/c1-16-14-18(27-12-13-31-22(27)30)15-24-20(16)25-9-6-23(7-10-25)8-11-26(21(23)29)17-2-4-19(28)5-3-17/h14-15,17,19,28H,2-13H2,1H3. The monoisotopic (exact) mass is 428 g/mol. The summed E-state index contributed by atoms with van der Waals surface area (Å²) in [7, 11) is 0. The van der Waals surface area contributed by atoms with Gasteiger partial charge in [-0.3, -0.25) is 9.69 Å². The highest BCUT2D eigenvalue weighted by molar-refractivity contribution is 5.89. The molecule has 4 heterocycles. The van der Waals surface area contributed by atoms with Gasteiger partial charge in [-0.25, -0.2) is 9.78 Å². The molecule has 2 amide bonds. The predicted molar refractivity (Wildman–Crippen MR) is 116 cm³/mol. The van der Waals surface area contributed by atoms with Crippen molar-refractivity contribution in [1.29, 1.82) is 0 Å². The zero-order valence-electron chi connectivity index (χ0n) is 18.3. The Bertz CT molecular complexity index is 859. The molecule has 1 saturated carbocycles. The molecule has 0 bridgehead atoms. The van der Waals surface area contributed by atoms with Gasteiger partial charge in [0.25, 0.3) is 0 Å². The number of piperidine rings is 1. The topological polar surface area (TPSA) is 86.2 Å². The minimum absolute atomic E-state index is 0.190. The van der Waals surface area contributed by atoms with Gasteiger partial charge in [-0.05, 0) is 63.5 Å². The largest absolute Gasteiger partial charge is 0.447 e. The molecule has 31 heavy (non-hydrogen) atoms. The van der Waals surface area contributed by atoms with Gasteiger partial charge in [0.2, 0.25) is 5.91 Å². The number of aliphatic hydroxyl groups excluding tert-OH is 1. The van der Waals surface area contributed by atoms with E-state index in [1.54, 1.807) is 11.1 Å². The first-order valence-corrected chi connectivity index (χ1v) is 11.6. The van der Waals surface area contributed by atoms with Crippen molar-refractivity contribution in [3.8, 4) is 0 Å². The van der Waals surface area contributed by atoms with E-state index in [9.17, 15) is 14.7 Å². The molecule has 0 aromatic carbocycles. The molecule has 8 heteroatoms. The minimum Gasteiger partial charge on any atom is -0.447 e. The maximum atomic E-state index is 13.4. The Morgan fingerprint density at radius 3 is 2.42 bits per heavy atom. The van der Waals surface area contributed by atoms with Gasteiger partial charge < -0.3 is 19.6 Å². The smallest absolute Gasteiger partial charge is 0.414 e. The van der Waals surface area contributed by atoms with Crippen LogP contribution in [0.2, 0.25) is 0 Å². The zero-order valence-corrected chi connectivity index (χ0v) is 18.3. The molecule has 5 rings (SSSR count). The summed E-state index contributed by atoms with van der Waals surface area (Å²) >= 11 is 0. The molecule has 1 aromatic rings. The summed E-state index contributed by atoms with van der Waals surface area (Å²) < 4.78 is 5.03. The van der Waals surface area contributed by atoms with E-state index in [0.29, 0.717) is 25.1 Å². The van der Waals surface area contributed by atoms with Crippen LogP contribution in [-0.4, -0.2) is 71.9 Å². The molecule has 8 nitrogen and oxygen atoms in total. The maximum Gasteiger partial charge on any atom is 0.414 e. The van der Waals surface area contributed by atoms with E-state index in [4.69, 9.17) is 4.74 Å². The van der Waals surface area contributed by atoms with Crippen LogP contribution in [0.4, 0.5) is 16.3 Å². The van der Waals surface area contributed by atoms with Crippen molar-refractivity contribution >= 4 is 23.5 Å². The lowest BCUT2D eigenvalue weighted by molar-refractivity contribution is -0.139. The van der Waals surface area contributed by atoms with Crippen molar-refractivity contribution in [3.05, 3.63) is 17.8 Å². The molecule has 0 unspecified atom stereocenters. The van der Waals surface area contributed by atoms with Crippen LogP contribution in [0, 0.1) is 12.3 Å². The highest BCUT2D eigenvalue weighted by atomic mass is 16.6. The van der Waals surface area contributed by atoms with Crippen LogP contribution >= 0.6 is 0 Å². The molecule has 3 aliphatic heterocycles. The normalized spacial score (nSPS) is 28.5. The Balaban J connectivity index is 1.23. The second-order valence-electron chi connectivity index (χ2n) is 9.58. The SMILES string of the molecule is Cc1cc(N2CCOC2=O)cnc1N1CCC2(CC1)CCN(C1CCC(O)CC1)C2=O. The fourth-order valence-corrected chi connectivity index (χ4v) is 5.84. The van der Waals surface area contributed by atoms with E-state index in [1.807, 2.05) is 13.0 Å². The molecule has 168 valence electrons. The summed E-state index contributed by atoms with van der Waals surface area (Å²) in [5.41, 5.74) is 1.59. The first kappa shape index (κ1) is 20.5. The number of pyridine rings is 1. The maximum absolute atomic E-state index is 13.4. The zero-order chi connectivity index (χ0) is 21.6. The summed E-state index contributed by atoms with van der Waals surface area (Å²) in [5.74, 6) is 1.27. The lowest BCUT2D eigenvalue weighted by Crippen LogP contribution is -2.47. The van der Waals surface area contributed by atoms with Crippen LogP contribution in [-0.2, 0) is 9.53 Å². The van der Waals surface area contributed by atoms with E-state index >= 15 is 0 Å². The van der Waals surface area contributed by atoms with Gasteiger partial charge >= 0.3 is 6.09 Å². The van der Waals surface area contributed by atoms with E-state index in [1.165, 1.54) is 0 Å². The van der Waals surface area contributed by atoms with Gasteiger partial charge in [0, 0.05) is 25.7 Å². The summed E-state index contributed by atoms with van der Waals surface area (Å²) in [5, 5.41) is 9.79. The second-order valence-corrected chi connectivity index (χ2v) is 9.58. The molecule has 1 aliphatic carbocycles. The van der Waals surface area contributed by atoms with Gasteiger partial charge in [0.1, 0.15) is 12.4 Å². The first-order valence-electron chi connectivity index (χ1n) is 11.6. The number of hydrogen-bond acceptors (Lipinski definition) is 6.